The zero-order chi connectivity index (χ0) is 13.1. The first kappa shape index (κ1) is 13.1. The van der Waals surface area contributed by atoms with Gasteiger partial charge in [-0.2, -0.15) is 0 Å². The van der Waals surface area contributed by atoms with Crippen molar-refractivity contribution in [2.45, 2.75) is 45.7 Å². The van der Waals surface area contributed by atoms with Gasteiger partial charge in [0.05, 0.1) is 0 Å². The molecule has 0 radical (unpaired) electrons. The van der Waals surface area contributed by atoms with Crippen molar-refractivity contribution in [2.24, 2.45) is 5.73 Å². The van der Waals surface area contributed by atoms with Crippen LogP contribution in [0.4, 0.5) is 0 Å². The van der Waals surface area contributed by atoms with Crippen molar-refractivity contribution >= 4 is 5.84 Å². The van der Waals surface area contributed by atoms with Crippen LogP contribution in [0.5, 0.6) is 0 Å². The third-order valence-corrected chi connectivity index (χ3v) is 3.97. The summed E-state index contributed by atoms with van der Waals surface area (Å²) in [7, 11) is 0. The van der Waals surface area contributed by atoms with E-state index in [2.05, 4.69) is 24.8 Å². The molecule has 0 saturated carbocycles. The summed E-state index contributed by atoms with van der Waals surface area (Å²) in [4.78, 5) is 2.55. The maximum atomic E-state index is 7.45. The van der Waals surface area contributed by atoms with Crippen LogP contribution < -0.4 is 5.73 Å². The Morgan fingerprint density at radius 2 is 2.22 bits per heavy atom. The van der Waals surface area contributed by atoms with Gasteiger partial charge in [0.15, 0.2) is 0 Å². The minimum absolute atomic E-state index is 0.149. The molecule has 0 aliphatic carbocycles. The summed E-state index contributed by atoms with van der Waals surface area (Å²) in [5.41, 5.74) is 8.93. The average molecular weight is 245 g/mol. The summed E-state index contributed by atoms with van der Waals surface area (Å²) < 4.78 is 0. The molecular formula is C15H23N3. The zero-order valence-electron chi connectivity index (χ0n) is 11.4. The van der Waals surface area contributed by atoms with E-state index in [0.29, 0.717) is 6.04 Å². The first-order valence-corrected chi connectivity index (χ1v) is 6.76. The number of benzene rings is 1. The molecule has 0 aromatic heterocycles. The third-order valence-electron chi connectivity index (χ3n) is 3.97. The second-order valence-corrected chi connectivity index (χ2v) is 5.37. The molecule has 0 spiro atoms. The van der Waals surface area contributed by atoms with Gasteiger partial charge in [-0.1, -0.05) is 18.6 Å². The molecule has 1 aliphatic rings. The monoisotopic (exact) mass is 245 g/mol. The van der Waals surface area contributed by atoms with E-state index in [1.807, 2.05) is 12.1 Å². The van der Waals surface area contributed by atoms with Crippen LogP contribution >= 0.6 is 0 Å². The molecule has 2 rings (SSSR count). The molecule has 18 heavy (non-hydrogen) atoms. The van der Waals surface area contributed by atoms with E-state index < -0.39 is 0 Å². The minimum Gasteiger partial charge on any atom is -0.384 e. The van der Waals surface area contributed by atoms with Gasteiger partial charge in [-0.05, 0) is 50.4 Å². The van der Waals surface area contributed by atoms with Crippen molar-refractivity contribution in [1.29, 1.82) is 5.41 Å². The Morgan fingerprint density at radius 1 is 1.44 bits per heavy atom. The van der Waals surface area contributed by atoms with Crippen LogP contribution in [0.3, 0.4) is 0 Å². The molecule has 1 fully saturated rings. The molecule has 3 heteroatoms. The van der Waals surface area contributed by atoms with E-state index in [1.54, 1.807) is 0 Å². The van der Waals surface area contributed by atoms with Crippen molar-refractivity contribution in [3.8, 4) is 0 Å². The standard InChI is InChI=1S/C15H23N3/c1-11-9-13(15(16)17)6-7-14(11)10-18-8-4-3-5-12(18)2/h6-7,9,12H,3-5,8,10H2,1-2H3,(H3,16,17). The van der Waals surface area contributed by atoms with Crippen molar-refractivity contribution in [3.05, 3.63) is 34.9 Å². The highest BCUT2D eigenvalue weighted by Crippen LogP contribution is 2.21. The summed E-state index contributed by atoms with van der Waals surface area (Å²) in [6.45, 7) is 6.65. The van der Waals surface area contributed by atoms with Gasteiger partial charge in [0, 0.05) is 18.2 Å². The fourth-order valence-corrected chi connectivity index (χ4v) is 2.65. The van der Waals surface area contributed by atoms with Gasteiger partial charge < -0.3 is 5.73 Å². The third kappa shape index (κ3) is 2.91. The second kappa shape index (κ2) is 5.53. The second-order valence-electron chi connectivity index (χ2n) is 5.37. The van der Waals surface area contributed by atoms with E-state index in [0.717, 1.165) is 12.1 Å². The molecule has 1 heterocycles. The van der Waals surface area contributed by atoms with Crippen molar-refractivity contribution in [3.63, 3.8) is 0 Å². The predicted octanol–water partition coefficient (Wildman–Crippen LogP) is 2.65. The van der Waals surface area contributed by atoms with Crippen LogP contribution in [0.2, 0.25) is 0 Å². The van der Waals surface area contributed by atoms with Crippen LogP contribution in [-0.4, -0.2) is 23.3 Å². The number of piperidine rings is 1. The average Bonchev–Trinajstić information content (AvgIpc) is 2.34. The maximum absolute atomic E-state index is 7.45. The number of likely N-dealkylation sites (tertiary alicyclic amines) is 1. The zero-order valence-corrected chi connectivity index (χ0v) is 11.4. The highest BCUT2D eigenvalue weighted by Gasteiger charge is 2.18. The number of nitrogens with one attached hydrogen (secondary N) is 1. The smallest absolute Gasteiger partial charge is 0.122 e. The first-order valence-electron chi connectivity index (χ1n) is 6.76. The van der Waals surface area contributed by atoms with Crippen LogP contribution in [-0.2, 0) is 6.54 Å². The number of rotatable bonds is 3. The number of amidine groups is 1. The molecule has 98 valence electrons. The summed E-state index contributed by atoms with van der Waals surface area (Å²) >= 11 is 0. The SMILES string of the molecule is Cc1cc(C(=N)N)ccc1CN1CCCCC1C. The number of aryl methyl sites for hydroxylation is 1. The lowest BCUT2D eigenvalue weighted by molar-refractivity contribution is 0.152. The van der Waals surface area contributed by atoms with Gasteiger partial charge in [-0.15, -0.1) is 0 Å². The van der Waals surface area contributed by atoms with Crippen LogP contribution in [0, 0.1) is 12.3 Å². The Bertz CT molecular complexity index is 439. The largest absolute Gasteiger partial charge is 0.384 e. The highest BCUT2D eigenvalue weighted by molar-refractivity contribution is 5.95. The van der Waals surface area contributed by atoms with E-state index >= 15 is 0 Å². The van der Waals surface area contributed by atoms with Crippen LogP contribution in [0.1, 0.15) is 42.9 Å². The van der Waals surface area contributed by atoms with Gasteiger partial charge >= 0.3 is 0 Å². The Kier molecular flexibility index (Phi) is 4.02. The van der Waals surface area contributed by atoms with Gasteiger partial charge in [0.2, 0.25) is 0 Å². The van der Waals surface area contributed by atoms with E-state index in [1.165, 1.54) is 36.9 Å². The molecule has 1 aliphatic heterocycles. The molecule has 0 amide bonds. The lowest BCUT2D eigenvalue weighted by Gasteiger charge is -2.33. The van der Waals surface area contributed by atoms with Crippen LogP contribution in [0.25, 0.3) is 0 Å². The van der Waals surface area contributed by atoms with E-state index in [4.69, 9.17) is 11.1 Å². The summed E-state index contributed by atoms with van der Waals surface area (Å²) in [5.74, 6) is 0.149. The van der Waals surface area contributed by atoms with Gasteiger partial charge in [0.25, 0.3) is 0 Å². The molecule has 3 nitrogen and oxygen atoms in total. The normalized spacial score (nSPS) is 20.9. The van der Waals surface area contributed by atoms with Crippen LogP contribution in [0.15, 0.2) is 18.2 Å². The van der Waals surface area contributed by atoms with E-state index in [-0.39, 0.29) is 5.84 Å². The predicted molar refractivity (Wildman–Crippen MR) is 75.9 cm³/mol. The molecule has 1 aromatic carbocycles. The quantitative estimate of drug-likeness (QED) is 0.635. The Morgan fingerprint density at radius 3 is 2.83 bits per heavy atom. The summed E-state index contributed by atoms with van der Waals surface area (Å²) in [5, 5.41) is 7.45. The topological polar surface area (TPSA) is 53.1 Å². The molecule has 0 bridgehead atoms. The number of nitrogen functional groups attached to an aromatic ring is 1. The molecular weight excluding hydrogens is 222 g/mol. The number of hydrogen-bond acceptors (Lipinski definition) is 2. The molecule has 3 N–H and O–H groups in total. The van der Waals surface area contributed by atoms with Gasteiger partial charge in [-0.25, -0.2) is 0 Å². The Hall–Kier alpha value is -1.35. The lowest BCUT2D eigenvalue weighted by Crippen LogP contribution is -2.36. The number of nitrogens with zero attached hydrogens (tertiary/aromatic N) is 1. The van der Waals surface area contributed by atoms with Crippen molar-refractivity contribution in [1.82, 2.24) is 4.90 Å². The Balaban J connectivity index is 2.11. The number of nitrogens with two attached hydrogens (primary N) is 1. The molecule has 1 unspecified atom stereocenters. The maximum Gasteiger partial charge on any atom is 0.122 e. The van der Waals surface area contributed by atoms with E-state index in [9.17, 15) is 0 Å². The number of hydrogen-bond donors (Lipinski definition) is 2. The molecule has 1 saturated heterocycles. The minimum atomic E-state index is 0.149. The van der Waals surface area contributed by atoms with Crippen molar-refractivity contribution in [2.75, 3.05) is 6.54 Å². The van der Waals surface area contributed by atoms with Gasteiger partial charge in [-0.3, -0.25) is 10.3 Å². The fraction of sp³-hybridized carbons (Fsp3) is 0.533. The van der Waals surface area contributed by atoms with Crippen molar-refractivity contribution < 1.29 is 0 Å². The highest BCUT2D eigenvalue weighted by atomic mass is 15.2. The van der Waals surface area contributed by atoms with Gasteiger partial charge in [0.1, 0.15) is 5.84 Å². The summed E-state index contributed by atoms with van der Waals surface area (Å²) in [6, 6.07) is 6.78. The molecule has 1 aromatic rings. The summed E-state index contributed by atoms with van der Waals surface area (Å²) in [6.07, 6.45) is 3.99. The molecule has 1 atom stereocenters. The lowest BCUT2D eigenvalue weighted by atomic mass is 10.00. The first-order chi connectivity index (χ1) is 8.58. The Labute approximate surface area is 109 Å². The fourth-order valence-electron chi connectivity index (χ4n) is 2.65.